The van der Waals surface area contributed by atoms with E-state index in [0.29, 0.717) is 32.4 Å². The van der Waals surface area contributed by atoms with Crippen molar-refractivity contribution in [2.24, 2.45) is 0 Å². The SMILES string of the molecule is CC(=O)c1ccc(-n2c(SCC(=O)Nc3nc(-c4ccccc4)cs3)nc3ccccc3c2=O)cc1. The van der Waals surface area contributed by atoms with Gasteiger partial charge < -0.3 is 5.32 Å². The third kappa shape index (κ3) is 4.98. The van der Waals surface area contributed by atoms with Crippen molar-refractivity contribution >= 4 is 50.8 Å². The van der Waals surface area contributed by atoms with E-state index in [2.05, 4.69) is 15.3 Å². The maximum Gasteiger partial charge on any atom is 0.266 e. The number of Topliss-reactive ketones (excluding diaryl/α,β-unsaturated/α-hetero) is 1. The van der Waals surface area contributed by atoms with Gasteiger partial charge in [-0.25, -0.2) is 9.97 Å². The van der Waals surface area contributed by atoms with E-state index in [0.717, 1.165) is 23.0 Å². The van der Waals surface area contributed by atoms with Crippen LogP contribution in [0.3, 0.4) is 0 Å². The fourth-order valence-corrected chi connectivity index (χ4v) is 5.19. The van der Waals surface area contributed by atoms with Crippen LogP contribution in [0.1, 0.15) is 17.3 Å². The van der Waals surface area contributed by atoms with Gasteiger partial charge in [-0.1, -0.05) is 54.2 Å². The van der Waals surface area contributed by atoms with E-state index in [1.165, 1.54) is 22.8 Å². The summed E-state index contributed by atoms with van der Waals surface area (Å²) in [7, 11) is 0. The number of para-hydroxylation sites is 1. The predicted molar refractivity (Wildman–Crippen MR) is 144 cm³/mol. The van der Waals surface area contributed by atoms with Gasteiger partial charge in [-0.15, -0.1) is 11.3 Å². The Morgan fingerprint density at radius 1 is 0.944 bits per heavy atom. The number of carbonyl (C=O) groups is 2. The molecule has 1 N–H and O–H groups in total. The highest BCUT2D eigenvalue weighted by Gasteiger charge is 2.16. The third-order valence-electron chi connectivity index (χ3n) is 5.43. The van der Waals surface area contributed by atoms with Crippen LogP contribution in [0.5, 0.6) is 0 Å². The van der Waals surface area contributed by atoms with Crippen molar-refractivity contribution < 1.29 is 9.59 Å². The van der Waals surface area contributed by atoms with Gasteiger partial charge in [-0.05, 0) is 43.3 Å². The van der Waals surface area contributed by atoms with E-state index in [-0.39, 0.29) is 23.0 Å². The monoisotopic (exact) mass is 512 g/mol. The molecule has 5 rings (SSSR count). The summed E-state index contributed by atoms with van der Waals surface area (Å²) in [6.07, 6.45) is 0. The fraction of sp³-hybridized carbons (Fsp3) is 0.0741. The largest absolute Gasteiger partial charge is 0.301 e. The van der Waals surface area contributed by atoms with Gasteiger partial charge in [0.2, 0.25) is 5.91 Å². The standard InChI is InChI=1S/C27H20N4O3S2/c1-17(32)18-11-13-20(14-12-18)31-25(34)21-9-5-6-10-22(21)29-27(31)36-16-24(33)30-26-28-23(15-35-26)19-7-3-2-4-8-19/h2-15H,16H2,1H3,(H,28,30,33). The van der Waals surface area contributed by atoms with Crippen molar-refractivity contribution in [3.05, 3.63) is 100 Å². The molecule has 0 bridgehead atoms. The Bertz CT molecular complexity index is 1630. The van der Waals surface area contributed by atoms with Gasteiger partial charge in [0, 0.05) is 16.5 Å². The highest BCUT2D eigenvalue weighted by molar-refractivity contribution is 7.99. The first-order valence-corrected chi connectivity index (χ1v) is 12.9. The summed E-state index contributed by atoms with van der Waals surface area (Å²) < 4.78 is 1.47. The Morgan fingerprint density at radius 2 is 1.67 bits per heavy atom. The van der Waals surface area contributed by atoms with Crippen molar-refractivity contribution in [2.75, 3.05) is 11.1 Å². The van der Waals surface area contributed by atoms with Gasteiger partial charge >= 0.3 is 0 Å². The van der Waals surface area contributed by atoms with Crippen molar-refractivity contribution in [2.45, 2.75) is 12.1 Å². The number of ketones is 1. The maximum atomic E-state index is 13.4. The molecule has 0 atom stereocenters. The minimum Gasteiger partial charge on any atom is -0.301 e. The zero-order chi connectivity index (χ0) is 25.1. The summed E-state index contributed by atoms with van der Waals surface area (Å²) in [5, 5.41) is 6.08. The Hall–Kier alpha value is -4.08. The van der Waals surface area contributed by atoms with Crippen LogP contribution in [0.4, 0.5) is 5.13 Å². The summed E-state index contributed by atoms with van der Waals surface area (Å²) in [6.45, 7) is 1.49. The van der Waals surface area contributed by atoms with E-state index < -0.39 is 0 Å². The number of hydrogen-bond acceptors (Lipinski definition) is 7. The van der Waals surface area contributed by atoms with Crippen LogP contribution in [0.2, 0.25) is 0 Å². The second kappa shape index (κ2) is 10.3. The smallest absolute Gasteiger partial charge is 0.266 e. The van der Waals surface area contributed by atoms with Gasteiger partial charge in [0.15, 0.2) is 16.1 Å². The van der Waals surface area contributed by atoms with Crippen LogP contribution < -0.4 is 10.9 Å². The number of amides is 1. The zero-order valence-corrected chi connectivity index (χ0v) is 20.8. The molecular formula is C27H20N4O3S2. The number of hydrogen-bond donors (Lipinski definition) is 1. The molecule has 178 valence electrons. The molecule has 7 nitrogen and oxygen atoms in total. The summed E-state index contributed by atoms with van der Waals surface area (Å²) in [5.41, 5.74) is 3.19. The maximum absolute atomic E-state index is 13.4. The average Bonchev–Trinajstić information content (AvgIpc) is 3.36. The lowest BCUT2D eigenvalue weighted by Gasteiger charge is -2.13. The van der Waals surface area contributed by atoms with E-state index in [1.807, 2.05) is 41.8 Å². The third-order valence-corrected chi connectivity index (χ3v) is 7.13. The van der Waals surface area contributed by atoms with E-state index in [9.17, 15) is 14.4 Å². The van der Waals surface area contributed by atoms with E-state index >= 15 is 0 Å². The number of aromatic nitrogens is 3. The molecule has 5 aromatic rings. The van der Waals surface area contributed by atoms with E-state index in [4.69, 9.17) is 0 Å². The summed E-state index contributed by atoms with van der Waals surface area (Å²) in [6, 6.07) is 23.6. The van der Waals surface area contributed by atoms with Crippen molar-refractivity contribution in [3.8, 4) is 16.9 Å². The fourth-order valence-electron chi connectivity index (χ4n) is 3.64. The first-order chi connectivity index (χ1) is 17.5. The highest BCUT2D eigenvalue weighted by atomic mass is 32.2. The zero-order valence-electron chi connectivity index (χ0n) is 19.2. The van der Waals surface area contributed by atoms with Crippen LogP contribution in [-0.2, 0) is 4.79 Å². The molecule has 0 aliphatic carbocycles. The number of fused-ring (bicyclic) bond motifs is 1. The van der Waals surface area contributed by atoms with Crippen molar-refractivity contribution in [1.82, 2.24) is 14.5 Å². The first-order valence-electron chi connectivity index (χ1n) is 11.1. The Labute approximate surface area is 214 Å². The lowest BCUT2D eigenvalue weighted by Crippen LogP contribution is -2.23. The molecule has 3 aromatic carbocycles. The second-order valence-corrected chi connectivity index (χ2v) is 9.70. The molecule has 0 fully saturated rings. The minimum atomic E-state index is -0.255. The van der Waals surface area contributed by atoms with Crippen LogP contribution in [0.25, 0.3) is 27.8 Å². The number of carbonyl (C=O) groups excluding carboxylic acids is 2. The second-order valence-electron chi connectivity index (χ2n) is 7.90. The van der Waals surface area contributed by atoms with Gasteiger partial charge in [-0.3, -0.25) is 19.0 Å². The summed E-state index contributed by atoms with van der Waals surface area (Å²) >= 11 is 2.51. The van der Waals surface area contributed by atoms with Crippen molar-refractivity contribution in [1.29, 1.82) is 0 Å². The number of benzene rings is 3. The Kier molecular flexibility index (Phi) is 6.75. The molecule has 0 saturated heterocycles. The van der Waals surface area contributed by atoms with Gasteiger partial charge in [0.1, 0.15) is 0 Å². The van der Waals surface area contributed by atoms with Crippen LogP contribution >= 0.6 is 23.1 Å². The van der Waals surface area contributed by atoms with Gasteiger partial charge in [0.25, 0.3) is 5.56 Å². The molecule has 0 saturated carbocycles. The van der Waals surface area contributed by atoms with Gasteiger partial charge in [-0.2, -0.15) is 0 Å². The van der Waals surface area contributed by atoms with Gasteiger partial charge in [0.05, 0.1) is 28.0 Å². The lowest BCUT2D eigenvalue weighted by molar-refractivity contribution is -0.113. The van der Waals surface area contributed by atoms with Crippen LogP contribution in [0, 0.1) is 0 Å². The molecule has 36 heavy (non-hydrogen) atoms. The molecule has 9 heteroatoms. The van der Waals surface area contributed by atoms with Crippen LogP contribution in [-0.4, -0.2) is 32.0 Å². The normalized spacial score (nSPS) is 10.9. The topological polar surface area (TPSA) is 93.9 Å². The lowest BCUT2D eigenvalue weighted by atomic mass is 10.1. The number of thioether (sulfide) groups is 1. The molecule has 0 unspecified atom stereocenters. The van der Waals surface area contributed by atoms with E-state index in [1.54, 1.807) is 42.5 Å². The molecular weight excluding hydrogens is 492 g/mol. The number of anilines is 1. The molecule has 2 heterocycles. The highest BCUT2D eigenvalue weighted by Crippen LogP contribution is 2.26. The Morgan fingerprint density at radius 3 is 2.42 bits per heavy atom. The molecule has 1 amide bonds. The number of nitrogens with zero attached hydrogens (tertiary/aromatic N) is 3. The van der Waals surface area contributed by atoms with Crippen LogP contribution in [0.15, 0.2) is 94.2 Å². The molecule has 0 radical (unpaired) electrons. The molecule has 0 spiro atoms. The summed E-state index contributed by atoms with van der Waals surface area (Å²) in [4.78, 5) is 46.9. The molecule has 2 aromatic heterocycles. The molecule has 0 aliphatic heterocycles. The molecule has 0 aliphatic rings. The number of rotatable bonds is 7. The average molecular weight is 513 g/mol. The number of thiazole rings is 1. The van der Waals surface area contributed by atoms with Crippen molar-refractivity contribution in [3.63, 3.8) is 0 Å². The first kappa shape index (κ1) is 23.7. The number of nitrogens with one attached hydrogen (secondary N) is 1. The Balaban J connectivity index is 1.40. The predicted octanol–water partition coefficient (Wildman–Crippen LogP) is 5.44. The quantitative estimate of drug-likeness (QED) is 0.177. The summed E-state index contributed by atoms with van der Waals surface area (Å²) in [5.74, 6) is -0.277. The minimum absolute atomic E-state index is 0.0383.